The lowest BCUT2D eigenvalue weighted by molar-refractivity contribution is 0.218. The van der Waals surface area contributed by atoms with Gasteiger partial charge in [-0.2, -0.15) is 10.2 Å². The summed E-state index contributed by atoms with van der Waals surface area (Å²) in [7, 11) is 2.18. The first kappa shape index (κ1) is 10.8. The van der Waals surface area contributed by atoms with Crippen LogP contribution in [0.1, 0.15) is 18.5 Å². The summed E-state index contributed by atoms with van der Waals surface area (Å²) in [5.74, 6) is 0.744. The van der Waals surface area contributed by atoms with Gasteiger partial charge in [-0.1, -0.05) is 11.6 Å². The third-order valence-corrected chi connectivity index (χ3v) is 3.21. The van der Waals surface area contributed by atoms with Crippen LogP contribution in [0.3, 0.4) is 0 Å². The van der Waals surface area contributed by atoms with Gasteiger partial charge < -0.3 is 4.90 Å². The Bertz CT molecular complexity index is 321. The summed E-state index contributed by atoms with van der Waals surface area (Å²) in [4.78, 5) is 2.38. The van der Waals surface area contributed by atoms with Crippen molar-refractivity contribution in [2.24, 2.45) is 5.92 Å². The zero-order valence-electron chi connectivity index (χ0n) is 8.99. The molecule has 1 fully saturated rings. The molecule has 0 amide bonds. The van der Waals surface area contributed by atoms with Gasteiger partial charge in [0.1, 0.15) is 0 Å². The molecule has 4 heteroatoms. The lowest BCUT2D eigenvalue weighted by Crippen LogP contribution is -2.31. The first-order valence-corrected chi connectivity index (χ1v) is 5.77. The van der Waals surface area contributed by atoms with Gasteiger partial charge >= 0.3 is 0 Å². The summed E-state index contributed by atoms with van der Waals surface area (Å²) in [5.41, 5.74) is 1.03. The van der Waals surface area contributed by atoms with Crippen LogP contribution in [0.25, 0.3) is 0 Å². The Morgan fingerprint density at radius 2 is 2.20 bits per heavy atom. The maximum Gasteiger partial charge on any atom is 0.0682 e. The van der Waals surface area contributed by atoms with Crippen molar-refractivity contribution in [1.29, 1.82) is 0 Å². The molecule has 1 aliphatic heterocycles. The summed E-state index contributed by atoms with van der Waals surface area (Å²) in [6, 6.07) is 1.92. The van der Waals surface area contributed by atoms with E-state index in [2.05, 4.69) is 22.1 Å². The van der Waals surface area contributed by atoms with Gasteiger partial charge in [-0.25, -0.2) is 0 Å². The van der Waals surface area contributed by atoms with E-state index in [4.69, 9.17) is 11.6 Å². The second-order valence-corrected chi connectivity index (χ2v) is 4.75. The number of rotatable bonds is 2. The molecule has 0 unspecified atom stereocenters. The molecule has 0 aromatic carbocycles. The summed E-state index contributed by atoms with van der Waals surface area (Å²) in [5, 5.41) is 8.66. The summed E-state index contributed by atoms with van der Waals surface area (Å²) in [6.45, 7) is 2.39. The lowest BCUT2D eigenvalue weighted by atomic mass is 9.92. The van der Waals surface area contributed by atoms with E-state index in [1.165, 1.54) is 25.9 Å². The Labute approximate surface area is 95.5 Å². The molecule has 82 valence electrons. The van der Waals surface area contributed by atoms with Crippen molar-refractivity contribution in [3.63, 3.8) is 0 Å². The monoisotopic (exact) mass is 225 g/mol. The molecule has 0 radical (unpaired) electrons. The molecule has 2 heterocycles. The summed E-state index contributed by atoms with van der Waals surface area (Å²) < 4.78 is 0. The van der Waals surface area contributed by atoms with E-state index in [-0.39, 0.29) is 0 Å². The fourth-order valence-corrected chi connectivity index (χ4v) is 2.21. The highest BCUT2D eigenvalue weighted by Crippen LogP contribution is 2.20. The van der Waals surface area contributed by atoms with Crippen LogP contribution in [0.2, 0.25) is 5.02 Å². The molecule has 0 atom stereocenters. The number of likely N-dealkylation sites (tertiary alicyclic amines) is 1. The van der Waals surface area contributed by atoms with Crippen molar-refractivity contribution >= 4 is 11.6 Å². The minimum Gasteiger partial charge on any atom is -0.306 e. The molecule has 3 nitrogen and oxygen atoms in total. The van der Waals surface area contributed by atoms with Crippen LogP contribution in [-0.2, 0) is 6.42 Å². The minimum atomic E-state index is 0.688. The van der Waals surface area contributed by atoms with Gasteiger partial charge in [-0.15, -0.1) is 0 Å². The maximum atomic E-state index is 5.87. The molecule has 2 rings (SSSR count). The Morgan fingerprint density at radius 1 is 1.47 bits per heavy atom. The second-order valence-electron chi connectivity index (χ2n) is 4.32. The molecule has 0 bridgehead atoms. The number of hydrogen-bond donors (Lipinski definition) is 0. The van der Waals surface area contributed by atoms with E-state index in [9.17, 15) is 0 Å². The van der Waals surface area contributed by atoms with Gasteiger partial charge in [0.15, 0.2) is 0 Å². The van der Waals surface area contributed by atoms with E-state index in [0.29, 0.717) is 5.02 Å². The molecule has 1 saturated heterocycles. The number of piperidine rings is 1. The topological polar surface area (TPSA) is 29.0 Å². The second kappa shape index (κ2) is 4.90. The van der Waals surface area contributed by atoms with E-state index < -0.39 is 0 Å². The molecule has 0 aliphatic carbocycles. The average Bonchev–Trinajstić information content (AvgIpc) is 2.22. The van der Waals surface area contributed by atoms with Gasteiger partial charge in [0, 0.05) is 0 Å². The zero-order valence-corrected chi connectivity index (χ0v) is 9.74. The number of nitrogens with zero attached hydrogens (tertiary/aromatic N) is 3. The van der Waals surface area contributed by atoms with Gasteiger partial charge in [-0.05, 0) is 51.4 Å². The van der Waals surface area contributed by atoms with Gasteiger partial charge in [-0.3, -0.25) is 0 Å². The Kier molecular flexibility index (Phi) is 3.54. The van der Waals surface area contributed by atoms with Crippen molar-refractivity contribution < 1.29 is 0 Å². The number of hydrogen-bond acceptors (Lipinski definition) is 3. The quantitative estimate of drug-likeness (QED) is 0.771. The highest BCUT2D eigenvalue weighted by molar-refractivity contribution is 6.30. The fraction of sp³-hybridized carbons (Fsp3) is 0.636. The fourth-order valence-electron chi connectivity index (χ4n) is 2.05. The standard InChI is InChI=1S/C11H16ClN3/c1-15-4-2-9(3-5-15)6-11-7-10(12)8-13-14-11/h7-9H,2-6H2,1H3. The highest BCUT2D eigenvalue weighted by Gasteiger charge is 2.17. The molecule has 1 aromatic rings. The van der Waals surface area contributed by atoms with Crippen molar-refractivity contribution in [3.8, 4) is 0 Å². The largest absolute Gasteiger partial charge is 0.306 e. The predicted molar refractivity (Wildman–Crippen MR) is 61.0 cm³/mol. The van der Waals surface area contributed by atoms with E-state index in [0.717, 1.165) is 18.0 Å². The lowest BCUT2D eigenvalue weighted by Gasteiger charge is -2.28. The SMILES string of the molecule is CN1CCC(Cc2cc(Cl)cnn2)CC1. The number of halogens is 1. The normalized spacial score (nSPS) is 19.3. The van der Waals surface area contributed by atoms with Crippen molar-refractivity contribution in [3.05, 3.63) is 23.0 Å². The number of aromatic nitrogens is 2. The van der Waals surface area contributed by atoms with Gasteiger partial charge in [0.25, 0.3) is 0 Å². The van der Waals surface area contributed by atoms with Crippen LogP contribution in [0, 0.1) is 5.92 Å². The Hall–Kier alpha value is -0.670. The molecule has 1 aromatic heterocycles. The Morgan fingerprint density at radius 3 is 2.87 bits per heavy atom. The van der Waals surface area contributed by atoms with Crippen molar-refractivity contribution in [1.82, 2.24) is 15.1 Å². The maximum absolute atomic E-state index is 5.87. The third-order valence-electron chi connectivity index (χ3n) is 3.01. The first-order chi connectivity index (χ1) is 7.24. The predicted octanol–water partition coefficient (Wildman–Crippen LogP) is 2.01. The Balaban J connectivity index is 1.92. The third kappa shape index (κ3) is 3.14. The molecule has 0 spiro atoms. The van der Waals surface area contributed by atoms with Crippen molar-refractivity contribution in [2.75, 3.05) is 20.1 Å². The van der Waals surface area contributed by atoms with Gasteiger partial charge in [0.05, 0.1) is 16.9 Å². The van der Waals surface area contributed by atoms with Crippen LogP contribution < -0.4 is 0 Å². The summed E-state index contributed by atoms with van der Waals surface area (Å²) >= 11 is 5.87. The van der Waals surface area contributed by atoms with Crippen LogP contribution >= 0.6 is 11.6 Å². The smallest absolute Gasteiger partial charge is 0.0682 e. The van der Waals surface area contributed by atoms with Crippen LogP contribution in [0.15, 0.2) is 12.3 Å². The van der Waals surface area contributed by atoms with E-state index >= 15 is 0 Å². The highest BCUT2D eigenvalue weighted by atomic mass is 35.5. The van der Waals surface area contributed by atoms with E-state index in [1.807, 2.05) is 6.07 Å². The van der Waals surface area contributed by atoms with E-state index in [1.54, 1.807) is 6.20 Å². The molecule has 1 aliphatic rings. The molecule has 0 saturated carbocycles. The molecular formula is C11H16ClN3. The van der Waals surface area contributed by atoms with Gasteiger partial charge in [0.2, 0.25) is 0 Å². The van der Waals surface area contributed by atoms with Crippen LogP contribution in [0.5, 0.6) is 0 Å². The van der Waals surface area contributed by atoms with Crippen molar-refractivity contribution in [2.45, 2.75) is 19.3 Å². The zero-order chi connectivity index (χ0) is 10.7. The first-order valence-electron chi connectivity index (χ1n) is 5.39. The minimum absolute atomic E-state index is 0.688. The van der Waals surface area contributed by atoms with Crippen LogP contribution in [0.4, 0.5) is 0 Å². The van der Waals surface area contributed by atoms with Crippen LogP contribution in [-0.4, -0.2) is 35.2 Å². The average molecular weight is 226 g/mol. The molecule has 15 heavy (non-hydrogen) atoms. The summed E-state index contributed by atoms with van der Waals surface area (Å²) in [6.07, 6.45) is 5.11. The molecular weight excluding hydrogens is 210 g/mol. The molecule has 0 N–H and O–H groups in total.